The van der Waals surface area contributed by atoms with E-state index in [2.05, 4.69) is 39.4 Å². The number of carbonyl (C=O) groups is 1. The van der Waals surface area contributed by atoms with E-state index in [0.29, 0.717) is 6.54 Å². The smallest absolute Gasteiger partial charge is 0.356 e. The Bertz CT molecular complexity index is 901. The van der Waals surface area contributed by atoms with Crippen LogP contribution < -0.4 is 0 Å². The predicted octanol–water partition coefficient (Wildman–Crippen LogP) is 2.23. The first-order chi connectivity index (χ1) is 12.7. The van der Waals surface area contributed by atoms with E-state index in [0.717, 1.165) is 38.3 Å². The Morgan fingerprint density at radius 1 is 1.12 bits per heavy atom. The summed E-state index contributed by atoms with van der Waals surface area (Å²) in [6.45, 7) is 4.00. The van der Waals surface area contributed by atoms with Crippen LogP contribution in [0.5, 0.6) is 0 Å². The van der Waals surface area contributed by atoms with Gasteiger partial charge in [0, 0.05) is 38.6 Å². The summed E-state index contributed by atoms with van der Waals surface area (Å²) in [5.74, 6) is -0.971. The molecule has 1 aromatic carbocycles. The summed E-state index contributed by atoms with van der Waals surface area (Å²) in [6, 6.07) is 12.0. The van der Waals surface area contributed by atoms with E-state index < -0.39 is 5.97 Å². The molecule has 0 radical (unpaired) electrons. The Morgan fingerprint density at radius 3 is 2.65 bits per heavy atom. The second-order valence-corrected chi connectivity index (χ2v) is 6.59. The number of aryl methyl sites for hydroxylation is 1. The third kappa shape index (κ3) is 3.52. The van der Waals surface area contributed by atoms with Gasteiger partial charge in [0.2, 0.25) is 0 Å². The van der Waals surface area contributed by atoms with Gasteiger partial charge in [-0.2, -0.15) is 10.2 Å². The molecule has 0 unspecified atom stereocenters. The number of aromatic nitrogens is 4. The molecule has 1 N–H and O–H groups in total. The normalized spacial score (nSPS) is 14.8. The molecule has 1 aliphatic heterocycles. The minimum Gasteiger partial charge on any atom is -0.476 e. The van der Waals surface area contributed by atoms with Crippen LogP contribution in [0.1, 0.15) is 33.7 Å². The summed E-state index contributed by atoms with van der Waals surface area (Å²) < 4.78 is 3.76. The molecular weight excluding hydrogens is 330 g/mol. The van der Waals surface area contributed by atoms with Crippen molar-refractivity contribution in [3.8, 4) is 0 Å². The van der Waals surface area contributed by atoms with E-state index in [-0.39, 0.29) is 5.69 Å². The molecule has 4 rings (SSSR count). The van der Waals surface area contributed by atoms with Crippen LogP contribution in [0.15, 0.2) is 48.8 Å². The summed E-state index contributed by atoms with van der Waals surface area (Å²) in [4.78, 5) is 13.5. The number of carboxylic acid groups (broad SMARTS) is 1. The van der Waals surface area contributed by atoms with Gasteiger partial charge in [0.05, 0.1) is 12.2 Å². The highest BCUT2D eigenvalue weighted by molar-refractivity contribution is 5.85. The lowest BCUT2D eigenvalue weighted by molar-refractivity contribution is 0.0689. The molecule has 0 atom stereocenters. The zero-order chi connectivity index (χ0) is 17.9. The maximum atomic E-state index is 11.2. The fourth-order valence-electron chi connectivity index (χ4n) is 3.44. The Kier molecular flexibility index (Phi) is 4.53. The third-order valence-corrected chi connectivity index (χ3v) is 4.72. The topological polar surface area (TPSA) is 76.2 Å². The first-order valence-electron chi connectivity index (χ1n) is 8.75. The van der Waals surface area contributed by atoms with Crippen LogP contribution in [0.4, 0.5) is 0 Å². The quantitative estimate of drug-likeness (QED) is 0.763. The molecule has 1 aliphatic rings. The van der Waals surface area contributed by atoms with E-state index in [9.17, 15) is 4.79 Å². The standard InChI is InChI=1S/C19H21N5O2/c25-19(26)18-11-17-14-22(8-4-10-24(17)21-18)12-15-5-1-2-6-16(15)13-23-9-3-7-20-23/h1-3,5-7,9,11H,4,8,10,12-14H2,(H,25,26). The van der Waals surface area contributed by atoms with Crippen LogP contribution in [0, 0.1) is 0 Å². The lowest BCUT2D eigenvalue weighted by Gasteiger charge is -2.21. The second kappa shape index (κ2) is 7.13. The average molecular weight is 351 g/mol. The molecule has 2 aromatic heterocycles. The van der Waals surface area contributed by atoms with Crippen LogP contribution in [0.3, 0.4) is 0 Å². The Morgan fingerprint density at radius 2 is 1.92 bits per heavy atom. The minimum absolute atomic E-state index is 0.126. The largest absolute Gasteiger partial charge is 0.476 e. The van der Waals surface area contributed by atoms with Crippen molar-refractivity contribution in [2.45, 2.75) is 32.6 Å². The van der Waals surface area contributed by atoms with Gasteiger partial charge in [-0.25, -0.2) is 4.79 Å². The summed E-state index contributed by atoms with van der Waals surface area (Å²) in [5.41, 5.74) is 3.61. The number of benzene rings is 1. The summed E-state index contributed by atoms with van der Waals surface area (Å²) in [7, 11) is 0. The SMILES string of the molecule is O=C(O)c1cc2n(n1)CCCN(Cc1ccccc1Cn1cccn1)C2. The molecule has 0 spiro atoms. The van der Waals surface area contributed by atoms with Crippen molar-refractivity contribution in [2.75, 3.05) is 6.54 Å². The number of fused-ring (bicyclic) bond motifs is 1. The maximum Gasteiger partial charge on any atom is 0.356 e. The zero-order valence-electron chi connectivity index (χ0n) is 14.5. The maximum absolute atomic E-state index is 11.2. The number of carboxylic acids is 1. The van der Waals surface area contributed by atoms with Gasteiger partial charge in [0.15, 0.2) is 5.69 Å². The number of hydrogen-bond acceptors (Lipinski definition) is 4. The summed E-state index contributed by atoms with van der Waals surface area (Å²) >= 11 is 0. The van der Waals surface area contributed by atoms with Gasteiger partial charge in [0.1, 0.15) is 0 Å². The first kappa shape index (κ1) is 16.5. The molecule has 26 heavy (non-hydrogen) atoms. The first-order valence-corrected chi connectivity index (χ1v) is 8.75. The number of hydrogen-bond donors (Lipinski definition) is 1. The highest BCUT2D eigenvalue weighted by Gasteiger charge is 2.19. The van der Waals surface area contributed by atoms with Crippen molar-refractivity contribution < 1.29 is 9.90 Å². The van der Waals surface area contributed by atoms with E-state index in [4.69, 9.17) is 5.11 Å². The van der Waals surface area contributed by atoms with E-state index >= 15 is 0 Å². The number of aromatic carboxylic acids is 1. The minimum atomic E-state index is -0.971. The monoisotopic (exact) mass is 351 g/mol. The van der Waals surface area contributed by atoms with Crippen LogP contribution in [-0.4, -0.2) is 42.1 Å². The predicted molar refractivity (Wildman–Crippen MR) is 95.7 cm³/mol. The van der Waals surface area contributed by atoms with E-state index in [1.54, 1.807) is 12.3 Å². The van der Waals surface area contributed by atoms with Crippen molar-refractivity contribution in [3.05, 3.63) is 71.3 Å². The number of nitrogens with zero attached hydrogens (tertiary/aromatic N) is 5. The summed E-state index contributed by atoms with van der Waals surface area (Å²) in [5, 5.41) is 17.7. The van der Waals surface area contributed by atoms with Gasteiger partial charge in [-0.15, -0.1) is 0 Å². The highest BCUT2D eigenvalue weighted by atomic mass is 16.4. The van der Waals surface area contributed by atoms with Gasteiger partial charge in [0.25, 0.3) is 0 Å². The lowest BCUT2D eigenvalue weighted by atomic mass is 10.1. The van der Waals surface area contributed by atoms with Crippen molar-refractivity contribution in [1.29, 1.82) is 0 Å². The summed E-state index contributed by atoms with van der Waals surface area (Å²) in [6.07, 6.45) is 4.71. The molecule has 0 saturated carbocycles. The fraction of sp³-hybridized carbons (Fsp3) is 0.316. The van der Waals surface area contributed by atoms with Crippen molar-refractivity contribution in [1.82, 2.24) is 24.5 Å². The molecule has 3 aromatic rings. The van der Waals surface area contributed by atoms with Gasteiger partial charge < -0.3 is 5.11 Å². The zero-order valence-corrected chi connectivity index (χ0v) is 14.5. The Labute approximate surface area is 151 Å². The molecule has 3 heterocycles. The van der Waals surface area contributed by atoms with Gasteiger partial charge in [-0.1, -0.05) is 24.3 Å². The molecular formula is C19H21N5O2. The van der Waals surface area contributed by atoms with Gasteiger partial charge in [-0.05, 0) is 29.7 Å². The second-order valence-electron chi connectivity index (χ2n) is 6.59. The van der Waals surface area contributed by atoms with Crippen LogP contribution in [0.2, 0.25) is 0 Å². The fourth-order valence-corrected chi connectivity index (χ4v) is 3.44. The third-order valence-electron chi connectivity index (χ3n) is 4.72. The Balaban J connectivity index is 1.52. The molecule has 134 valence electrons. The lowest BCUT2D eigenvalue weighted by Crippen LogP contribution is -2.23. The van der Waals surface area contributed by atoms with Crippen LogP contribution in [0.25, 0.3) is 0 Å². The van der Waals surface area contributed by atoms with Crippen molar-refractivity contribution >= 4 is 5.97 Å². The molecule has 0 saturated heterocycles. The molecule has 0 fully saturated rings. The van der Waals surface area contributed by atoms with Crippen molar-refractivity contribution in [3.63, 3.8) is 0 Å². The highest BCUT2D eigenvalue weighted by Crippen LogP contribution is 2.19. The van der Waals surface area contributed by atoms with Gasteiger partial charge >= 0.3 is 5.97 Å². The van der Waals surface area contributed by atoms with Crippen LogP contribution in [-0.2, 0) is 26.2 Å². The Hall–Kier alpha value is -2.93. The van der Waals surface area contributed by atoms with Crippen molar-refractivity contribution in [2.24, 2.45) is 0 Å². The molecule has 7 heteroatoms. The number of rotatable bonds is 5. The molecule has 7 nitrogen and oxygen atoms in total. The van der Waals surface area contributed by atoms with E-state index in [1.807, 2.05) is 21.6 Å². The average Bonchev–Trinajstić information content (AvgIpc) is 3.23. The van der Waals surface area contributed by atoms with Gasteiger partial charge in [-0.3, -0.25) is 14.3 Å². The molecule has 0 bridgehead atoms. The molecule has 0 aliphatic carbocycles. The van der Waals surface area contributed by atoms with Crippen LogP contribution >= 0.6 is 0 Å². The van der Waals surface area contributed by atoms with E-state index in [1.165, 1.54) is 11.1 Å². The molecule has 0 amide bonds.